The summed E-state index contributed by atoms with van der Waals surface area (Å²) < 4.78 is 1.71. The number of hydrogen-bond acceptors (Lipinski definition) is 2. The number of aryl methyl sites for hydroxylation is 1. The van der Waals surface area contributed by atoms with Gasteiger partial charge in [0, 0.05) is 17.4 Å². The molecule has 0 aliphatic heterocycles. The number of aromatic nitrogens is 2. The maximum Gasteiger partial charge on any atom is 0.330 e. The number of H-pyrrole nitrogens is 1. The topological polar surface area (TPSA) is 63.8 Å². The predicted octanol–water partition coefficient (Wildman–Crippen LogP) is 1.51. The molecule has 1 fully saturated rings. The lowest BCUT2D eigenvalue weighted by Gasteiger charge is -2.14. The van der Waals surface area contributed by atoms with Crippen molar-refractivity contribution < 1.29 is 0 Å². The average molecular weight is 243 g/mol. The molecule has 4 heteroatoms. The summed E-state index contributed by atoms with van der Waals surface area (Å²) in [4.78, 5) is 14.6. The van der Waals surface area contributed by atoms with Crippen molar-refractivity contribution in [1.29, 1.82) is 0 Å². The van der Waals surface area contributed by atoms with E-state index in [2.05, 4.69) is 11.1 Å². The highest BCUT2D eigenvalue weighted by atomic mass is 16.1. The zero-order chi connectivity index (χ0) is 12.8. The minimum Gasteiger partial charge on any atom is -0.325 e. The van der Waals surface area contributed by atoms with Gasteiger partial charge in [0.05, 0.1) is 5.69 Å². The van der Waals surface area contributed by atoms with Crippen molar-refractivity contribution >= 4 is 0 Å². The van der Waals surface area contributed by atoms with E-state index in [0.717, 1.165) is 36.2 Å². The summed E-state index contributed by atoms with van der Waals surface area (Å²) in [6.45, 7) is 1.92. The highest BCUT2D eigenvalue weighted by Crippen LogP contribution is 2.36. The van der Waals surface area contributed by atoms with Gasteiger partial charge in [-0.25, -0.2) is 4.79 Å². The molecule has 0 atom stereocenters. The van der Waals surface area contributed by atoms with Gasteiger partial charge >= 0.3 is 5.69 Å². The molecule has 2 aromatic rings. The lowest BCUT2D eigenvalue weighted by atomic mass is 10.0. The van der Waals surface area contributed by atoms with Gasteiger partial charge in [-0.1, -0.05) is 18.2 Å². The van der Waals surface area contributed by atoms with E-state index >= 15 is 0 Å². The number of para-hydroxylation sites is 1. The number of nitrogens with zero attached hydrogens (tertiary/aromatic N) is 1. The summed E-state index contributed by atoms with van der Waals surface area (Å²) in [5, 5.41) is 0. The van der Waals surface area contributed by atoms with E-state index in [0.29, 0.717) is 0 Å². The summed E-state index contributed by atoms with van der Waals surface area (Å²) in [6, 6.07) is 7.98. The monoisotopic (exact) mass is 243 g/mol. The number of nitrogens with one attached hydrogen (secondary N) is 1. The van der Waals surface area contributed by atoms with E-state index in [9.17, 15) is 4.79 Å². The van der Waals surface area contributed by atoms with Crippen LogP contribution in [-0.4, -0.2) is 15.1 Å². The van der Waals surface area contributed by atoms with Crippen LogP contribution in [-0.2, 0) is 6.42 Å². The molecule has 18 heavy (non-hydrogen) atoms. The fourth-order valence-electron chi connectivity index (χ4n) is 2.35. The molecular formula is C14H17N3O. The number of rotatable bonds is 3. The quantitative estimate of drug-likeness (QED) is 0.858. The van der Waals surface area contributed by atoms with Crippen molar-refractivity contribution in [2.24, 2.45) is 5.73 Å². The number of hydrogen-bond donors (Lipinski definition) is 2. The Labute approximate surface area is 105 Å². The Kier molecular flexibility index (Phi) is 2.41. The van der Waals surface area contributed by atoms with Crippen molar-refractivity contribution in [1.82, 2.24) is 9.55 Å². The summed E-state index contributed by atoms with van der Waals surface area (Å²) in [7, 11) is 0. The summed E-state index contributed by atoms with van der Waals surface area (Å²) in [5.74, 6) is 0. The summed E-state index contributed by atoms with van der Waals surface area (Å²) in [6.07, 6.45) is 4.71. The largest absolute Gasteiger partial charge is 0.330 e. The fraction of sp³-hybridized carbons (Fsp3) is 0.357. The van der Waals surface area contributed by atoms with Crippen LogP contribution in [0.2, 0.25) is 0 Å². The molecule has 4 nitrogen and oxygen atoms in total. The first-order valence-corrected chi connectivity index (χ1v) is 6.23. The van der Waals surface area contributed by atoms with Crippen LogP contribution < -0.4 is 11.4 Å². The highest BCUT2D eigenvalue weighted by Gasteiger charge is 2.38. The lowest BCUT2D eigenvalue weighted by Crippen LogP contribution is -2.26. The molecule has 0 amide bonds. The molecule has 0 saturated heterocycles. The zero-order valence-corrected chi connectivity index (χ0v) is 10.4. The van der Waals surface area contributed by atoms with E-state index in [1.54, 1.807) is 10.8 Å². The second kappa shape index (κ2) is 3.85. The van der Waals surface area contributed by atoms with Crippen molar-refractivity contribution in [2.45, 2.75) is 31.7 Å². The number of aromatic amines is 1. The van der Waals surface area contributed by atoms with Crippen molar-refractivity contribution in [3.8, 4) is 5.69 Å². The third kappa shape index (κ3) is 1.88. The average Bonchev–Trinajstić information content (AvgIpc) is 2.97. The van der Waals surface area contributed by atoms with E-state index in [1.165, 1.54) is 0 Å². The van der Waals surface area contributed by atoms with Gasteiger partial charge in [-0.3, -0.25) is 4.57 Å². The molecule has 94 valence electrons. The Morgan fingerprint density at radius 1 is 1.39 bits per heavy atom. The Morgan fingerprint density at radius 2 is 2.11 bits per heavy atom. The zero-order valence-electron chi connectivity index (χ0n) is 10.4. The summed E-state index contributed by atoms with van der Waals surface area (Å²) >= 11 is 0. The molecule has 1 aromatic carbocycles. The van der Waals surface area contributed by atoms with Crippen LogP contribution >= 0.6 is 0 Å². The smallest absolute Gasteiger partial charge is 0.325 e. The Morgan fingerprint density at radius 3 is 2.72 bits per heavy atom. The van der Waals surface area contributed by atoms with E-state index in [-0.39, 0.29) is 11.2 Å². The molecule has 1 aromatic heterocycles. The number of benzene rings is 1. The minimum absolute atomic E-state index is 0.0517. The van der Waals surface area contributed by atoms with Crippen molar-refractivity contribution in [2.75, 3.05) is 0 Å². The van der Waals surface area contributed by atoms with E-state index in [1.807, 2.05) is 25.1 Å². The SMILES string of the molecule is Cc1c[nH]c(=O)n1-c1ccccc1CC1(N)CC1. The van der Waals surface area contributed by atoms with Gasteiger partial charge in [-0.05, 0) is 37.8 Å². The normalized spacial score (nSPS) is 16.8. The van der Waals surface area contributed by atoms with Crippen LogP contribution in [0.5, 0.6) is 0 Å². The predicted molar refractivity (Wildman–Crippen MR) is 71.0 cm³/mol. The van der Waals surface area contributed by atoms with Gasteiger partial charge in [0.25, 0.3) is 0 Å². The first-order chi connectivity index (χ1) is 8.59. The van der Waals surface area contributed by atoms with Gasteiger partial charge in [0.1, 0.15) is 0 Å². The van der Waals surface area contributed by atoms with Gasteiger partial charge < -0.3 is 10.7 Å². The molecule has 0 spiro atoms. The fourth-order valence-corrected chi connectivity index (χ4v) is 2.35. The third-order valence-electron chi connectivity index (χ3n) is 3.63. The molecule has 1 aliphatic carbocycles. The third-order valence-corrected chi connectivity index (χ3v) is 3.63. The van der Waals surface area contributed by atoms with Crippen LogP contribution in [0.15, 0.2) is 35.3 Å². The lowest BCUT2D eigenvalue weighted by molar-refractivity contribution is 0.668. The van der Waals surface area contributed by atoms with Gasteiger partial charge in [0.2, 0.25) is 0 Å². The van der Waals surface area contributed by atoms with E-state index in [4.69, 9.17) is 5.73 Å². The number of imidazole rings is 1. The molecule has 0 radical (unpaired) electrons. The second-order valence-corrected chi connectivity index (χ2v) is 5.24. The number of nitrogens with two attached hydrogens (primary N) is 1. The highest BCUT2D eigenvalue weighted by molar-refractivity contribution is 5.43. The molecule has 0 unspecified atom stereocenters. The van der Waals surface area contributed by atoms with Crippen molar-refractivity contribution in [3.05, 3.63) is 52.2 Å². The molecule has 3 N–H and O–H groups in total. The van der Waals surface area contributed by atoms with Crippen LogP contribution in [0.4, 0.5) is 0 Å². The van der Waals surface area contributed by atoms with E-state index < -0.39 is 0 Å². The van der Waals surface area contributed by atoms with Gasteiger partial charge in [-0.15, -0.1) is 0 Å². The Balaban J connectivity index is 2.09. The van der Waals surface area contributed by atoms with Crippen LogP contribution in [0.1, 0.15) is 24.1 Å². The Hall–Kier alpha value is -1.81. The van der Waals surface area contributed by atoms with Crippen LogP contribution in [0, 0.1) is 6.92 Å². The molecule has 1 heterocycles. The molecule has 3 rings (SSSR count). The molecule has 1 saturated carbocycles. The summed E-state index contributed by atoms with van der Waals surface area (Å²) in [5.41, 5.74) is 9.03. The Bertz CT molecular complexity index is 634. The molecule has 0 bridgehead atoms. The molecular weight excluding hydrogens is 226 g/mol. The standard InChI is InChI=1S/C14H17N3O/c1-10-9-16-13(18)17(10)12-5-3-2-4-11(12)8-14(15)6-7-14/h2-5,9H,6-8,15H2,1H3,(H,16,18). The van der Waals surface area contributed by atoms with Crippen molar-refractivity contribution in [3.63, 3.8) is 0 Å². The maximum absolute atomic E-state index is 11.9. The first-order valence-electron chi connectivity index (χ1n) is 6.23. The van der Waals surface area contributed by atoms with Gasteiger partial charge in [-0.2, -0.15) is 0 Å². The van der Waals surface area contributed by atoms with Crippen LogP contribution in [0.3, 0.4) is 0 Å². The maximum atomic E-state index is 11.9. The molecule has 1 aliphatic rings. The minimum atomic E-state index is -0.0955. The first kappa shape index (κ1) is 11.3. The van der Waals surface area contributed by atoms with Gasteiger partial charge in [0.15, 0.2) is 0 Å². The second-order valence-electron chi connectivity index (χ2n) is 5.24. The van der Waals surface area contributed by atoms with Crippen LogP contribution in [0.25, 0.3) is 5.69 Å².